The van der Waals surface area contributed by atoms with Crippen molar-refractivity contribution in [1.82, 2.24) is 5.32 Å². The van der Waals surface area contributed by atoms with Gasteiger partial charge in [0.05, 0.1) is 0 Å². The second-order valence-electron chi connectivity index (χ2n) is 5.39. The van der Waals surface area contributed by atoms with Crippen molar-refractivity contribution >= 4 is 23.2 Å². The zero-order chi connectivity index (χ0) is 15.4. The van der Waals surface area contributed by atoms with E-state index in [1.165, 1.54) is 17.7 Å². The van der Waals surface area contributed by atoms with Gasteiger partial charge in [-0.1, -0.05) is 55.2 Å². The number of nitrogens with one attached hydrogen (secondary N) is 1. The molecule has 2 aromatic rings. The van der Waals surface area contributed by atoms with Gasteiger partial charge in [-0.2, -0.15) is 0 Å². The highest BCUT2D eigenvalue weighted by Crippen LogP contribution is 2.25. The van der Waals surface area contributed by atoms with Crippen LogP contribution in [0.3, 0.4) is 0 Å². The summed E-state index contributed by atoms with van der Waals surface area (Å²) >= 11 is 12.0. The van der Waals surface area contributed by atoms with Crippen molar-refractivity contribution in [2.45, 2.75) is 26.4 Å². The molecule has 1 nitrogen and oxygen atoms in total. The molecule has 0 bridgehead atoms. The minimum Gasteiger partial charge on any atom is -0.306 e. The van der Waals surface area contributed by atoms with Crippen LogP contribution in [-0.4, -0.2) is 0 Å². The van der Waals surface area contributed by atoms with Gasteiger partial charge in [0.2, 0.25) is 0 Å². The van der Waals surface area contributed by atoms with Crippen molar-refractivity contribution < 1.29 is 4.39 Å². The van der Waals surface area contributed by atoms with Crippen LogP contribution in [-0.2, 0) is 6.54 Å². The molecule has 0 saturated heterocycles. The second-order valence-corrected chi connectivity index (χ2v) is 6.23. The molecule has 21 heavy (non-hydrogen) atoms. The maximum atomic E-state index is 13.1. The molecular formula is C17H18Cl2FN. The molecule has 0 aliphatic rings. The number of halogens is 3. The van der Waals surface area contributed by atoms with E-state index in [0.29, 0.717) is 17.5 Å². The van der Waals surface area contributed by atoms with Crippen molar-refractivity contribution in [3.63, 3.8) is 0 Å². The molecule has 112 valence electrons. The van der Waals surface area contributed by atoms with E-state index in [-0.39, 0.29) is 11.9 Å². The lowest BCUT2D eigenvalue weighted by Crippen LogP contribution is -2.25. The van der Waals surface area contributed by atoms with Gasteiger partial charge in [0, 0.05) is 22.6 Å². The largest absolute Gasteiger partial charge is 0.306 e. The maximum absolute atomic E-state index is 13.1. The van der Waals surface area contributed by atoms with E-state index in [9.17, 15) is 4.39 Å². The fourth-order valence-corrected chi connectivity index (χ4v) is 2.65. The summed E-state index contributed by atoms with van der Waals surface area (Å²) in [7, 11) is 0. The topological polar surface area (TPSA) is 12.0 Å². The Labute approximate surface area is 135 Å². The predicted octanol–water partition coefficient (Wildman–Crippen LogP) is 5.62. The summed E-state index contributed by atoms with van der Waals surface area (Å²) < 4.78 is 13.1. The molecule has 0 aromatic heterocycles. The molecule has 0 fully saturated rings. The van der Waals surface area contributed by atoms with E-state index in [1.807, 2.05) is 24.3 Å². The molecule has 1 atom stereocenters. The van der Waals surface area contributed by atoms with E-state index in [4.69, 9.17) is 23.2 Å². The van der Waals surface area contributed by atoms with Crippen molar-refractivity contribution in [3.05, 3.63) is 69.5 Å². The summed E-state index contributed by atoms with van der Waals surface area (Å²) in [6, 6.07) is 12.5. The van der Waals surface area contributed by atoms with Gasteiger partial charge in [0.25, 0.3) is 0 Å². The Balaban J connectivity index is 2.12. The maximum Gasteiger partial charge on any atom is 0.124 e. The number of hydrogen-bond acceptors (Lipinski definition) is 1. The summed E-state index contributed by atoms with van der Waals surface area (Å²) in [4.78, 5) is 0. The molecule has 1 N–H and O–H groups in total. The number of rotatable bonds is 5. The average Bonchev–Trinajstić information content (AvgIpc) is 2.42. The fourth-order valence-electron chi connectivity index (χ4n) is 2.29. The van der Waals surface area contributed by atoms with Crippen LogP contribution < -0.4 is 5.32 Å². The highest BCUT2D eigenvalue weighted by molar-refractivity contribution is 6.31. The van der Waals surface area contributed by atoms with Crippen LogP contribution in [0.1, 0.15) is 31.0 Å². The highest BCUT2D eigenvalue weighted by atomic mass is 35.5. The van der Waals surface area contributed by atoms with Crippen LogP contribution >= 0.6 is 23.2 Å². The molecular weight excluding hydrogens is 308 g/mol. The first-order chi connectivity index (χ1) is 9.97. The molecule has 2 rings (SSSR count). The molecule has 0 aliphatic carbocycles. The quantitative estimate of drug-likeness (QED) is 0.752. The third-order valence-corrected chi connectivity index (χ3v) is 4.03. The predicted molar refractivity (Wildman–Crippen MR) is 87.3 cm³/mol. The van der Waals surface area contributed by atoms with Crippen molar-refractivity contribution in [2.24, 2.45) is 5.92 Å². The lowest BCUT2D eigenvalue weighted by atomic mass is 9.96. The molecule has 0 saturated carbocycles. The molecule has 2 aromatic carbocycles. The molecule has 1 unspecified atom stereocenters. The van der Waals surface area contributed by atoms with Gasteiger partial charge in [0.15, 0.2) is 0 Å². The van der Waals surface area contributed by atoms with Crippen LogP contribution in [0.4, 0.5) is 4.39 Å². The third kappa shape index (κ3) is 4.44. The van der Waals surface area contributed by atoms with Crippen LogP contribution in [0.15, 0.2) is 42.5 Å². The summed E-state index contributed by atoms with van der Waals surface area (Å²) in [5, 5.41) is 4.65. The molecule has 0 radical (unpaired) electrons. The lowest BCUT2D eigenvalue weighted by molar-refractivity contribution is 0.410. The van der Waals surface area contributed by atoms with E-state index < -0.39 is 0 Å². The highest BCUT2D eigenvalue weighted by Gasteiger charge is 2.15. The Hall–Kier alpha value is -1.09. The van der Waals surface area contributed by atoms with E-state index in [2.05, 4.69) is 19.2 Å². The normalized spacial score (nSPS) is 12.7. The van der Waals surface area contributed by atoms with E-state index in [1.54, 1.807) is 6.07 Å². The summed E-state index contributed by atoms with van der Waals surface area (Å²) in [5.41, 5.74) is 2.06. The summed E-state index contributed by atoms with van der Waals surface area (Å²) in [6.45, 7) is 4.89. The van der Waals surface area contributed by atoms with Gasteiger partial charge >= 0.3 is 0 Å². The first kappa shape index (κ1) is 16.3. The molecule has 0 amide bonds. The smallest absolute Gasteiger partial charge is 0.124 e. The van der Waals surface area contributed by atoms with Crippen LogP contribution in [0.25, 0.3) is 0 Å². The Kier molecular flexibility index (Phi) is 5.63. The first-order valence-corrected chi connectivity index (χ1v) is 7.65. The summed E-state index contributed by atoms with van der Waals surface area (Å²) in [5.74, 6) is 0.0901. The molecule has 4 heteroatoms. The average molecular weight is 326 g/mol. The first-order valence-electron chi connectivity index (χ1n) is 6.90. The fraction of sp³-hybridized carbons (Fsp3) is 0.294. The van der Waals surface area contributed by atoms with Crippen LogP contribution in [0, 0.1) is 11.7 Å². The molecule has 0 spiro atoms. The van der Waals surface area contributed by atoms with Crippen LogP contribution in [0.2, 0.25) is 10.0 Å². The van der Waals surface area contributed by atoms with Gasteiger partial charge < -0.3 is 5.32 Å². The standard InChI is InChI=1S/C17H18Cl2FN/c1-11(2)17(12-3-6-14(18)7-4-12)21-10-13-5-8-15(20)9-16(13)19/h3-9,11,17,21H,10H2,1-2H3. The molecule has 0 aliphatic heterocycles. The Bertz CT molecular complexity index is 596. The van der Waals surface area contributed by atoms with E-state index >= 15 is 0 Å². The minimum absolute atomic E-state index is 0.184. The zero-order valence-corrected chi connectivity index (χ0v) is 13.5. The van der Waals surface area contributed by atoms with Gasteiger partial charge in [-0.15, -0.1) is 0 Å². The molecule has 0 heterocycles. The Morgan fingerprint density at radius 1 is 1.05 bits per heavy atom. The van der Waals surface area contributed by atoms with Gasteiger partial charge in [0.1, 0.15) is 5.82 Å². The Morgan fingerprint density at radius 2 is 1.71 bits per heavy atom. The third-order valence-electron chi connectivity index (χ3n) is 3.42. The summed E-state index contributed by atoms with van der Waals surface area (Å²) in [6.07, 6.45) is 0. The van der Waals surface area contributed by atoms with Gasteiger partial charge in [-0.25, -0.2) is 4.39 Å². The van der Waals surface area contributed by atoms with Gasteiger partial charge in [-0.3, -0.25) is 0 Å². The zero-order valence-electron chi connectivity index (χ0n) is 12.0. The van der Waals surface area contributed by atoms with Crippen molar-refractivity contribution in [2.75, 3.05) is 0 Å². The minimum atomic E-state index is -0.318. The Morgan fingerprint density at radius 3 is 2.29 bits per heavy atom. The second kappa shape index (κ2) is 7.26. The lowest BCUT2D eigenvalue weighted by Gasteiger charge is -2.23. The van der Waals surface area contributed by atoms with Crippen LogP contribution in [0.5, 0.6) is 0 Å². The van der Waals surface area contributed by atoms with Crippen molar-refractivity contribution in [3.8, 4) is 0 Å². The van der Waals surface area contributed by atoms with E-state index in [0.717, 1.165) is 10.6 Å². The van der Waals surface area contributed by atoms with Crippen molar-refractivity contribution in [1.29, 1.82) is 0 Å². The monoisotopic (exact) mass is 325 g/mol. The SMILES string of the molecule is CC(C)C(NCc1ccc(F)cc1Cl)c1ccc(Cl)cc1. The van der Waals surface area contributed by atoms with Gasteiger partial charge in [-0.05, 0) is 41.3 Å². The number of benzene rings is 2. The number of hydrogen-bond donors (Lipinski definition) is 1.